The molecule has 1 spiro atoms. The molecule has 6 heteroatoms. The largest absolute Gasteiger partial charge is 0.377 e. The van der Waals surface area contributed by atoms with E-state index in [0.717, 1.165) is 61.0 Å². The molecule has 0 bridgehead atoms. The maximum Gasteiger partial charge on any atom is 0.286 e. The van der Waals surface area contributed by atoms with Gasteiger partial charge in [-0.15, -0.1) is 0 Å². The minimum atomic E-state index is -0.153. The van der Waals surface area contributed by atoms with Crippen LogP contribution in [0, 0.1) is 0 Å². The Labute approximate surface area is 157 Å². The highest BCUT2D eigenvalue weighted by molar-refractivity contribution is 8.18. The number of benzene rings is 1. The first-order valence-corrected chi connectivity index (χ1v) is 10.1. The smallest absolute Gasteiger partial charge is 0.286 e. The molecule has 1 aromatic rings. The molecule has 2 fully saturated rings. The van der Waals surface area contributed by atoms with E-state index in [9.17, 15) is 4.79 Å². The maximum atomic E-state index is 12.4. The minimum absolute atomic E-state index is 0.0896. The molecule has 0 atom stereocenters. The Morgan fingerprint density at radius 2 is 2.00 bits per heavy atom. The second kappa shape index (κ2) is 6.51. The number of carbonyl (C=O) groups excluding carboxylic acids is 1. The number of piperidine rings is 1. The lowest BCUT2D eigenvalue weighted by Crippen LogP contribution is -2.44. The van der Waals surface area contributed by atoms with Crippen LogP contribution in [0.15, 0.2) is 39.7 Å². The Bertz CT molecular complexity index is 801. The third-order valence-corrected chi connectivity index (χ3v) is 7.00. The first kappa shape index (κ1) is 16.5. The minimum Gasteiger partial charge on any atom is -0.377 e. The number of hydrogen-bond acceptors (Lipinski definition) is 5. The van der Waals surface area contributed by atoms with Gasteiger partial charge in [0, 0.05) is 19.7 Å². The van der Waals surface area contributed by atoms with Crippen LogP contribution in [0.25, 0.3) is 0 Å². The van der Waals surface area contributed by atoms with Gasteiger partial charge in [-0.05, 0) is 54.1 Å². The van der Waals surface area contributed by atoms with E-state index in [1.165, 1.54) is 22.9 Å². The maximum absolute atomic E-state index is 12.4. The molecule has 0 saturated carbocycles. The molecule has 2 saturated heterocycles. The average molecular weight is 370 g/mol. The second-order valence-corrected chi connectivity index (χ2v) is 8.30. The summed E-state index contributed by atoms with van der Waals surface area (Å²) >= 11 is 1.53. The summed E-state index contributed by atoms with van der Waals surface area (Å²) in [5.74, 6) is -0.0896. The zero-order valence-electron chi connectivity index (χ0n) is 14.7. The van der Waals surface area contributed by atoms with Gasteiger partial charge in [0.1, 0.15) is 0 Å². The molecule has 4 aliphatic rings. The zero-order chi connectivity index (χ0) is 17.6. The van der Waals surface area contributed by atoms with E-state index in [4.69, 9.17) is 9.47 Å². The van der Waals surface area contributed by atoms with Crippen LogP contribution in [0.5, 0.6) is 0 Å². The Morgan fingerprint density at radius 3 is 2.81 bits per heavy atom. The number of aliphatic imine (C=N–C) groups is 1. The van der Waals surface area contributed by atoms with Crippen LogP contribution >= 0.6 is 11.8 Å². The van der Waals surface area contributed by atoms with Gasteiger partial charge >= 0.3 is 0 Å². The second-order valence-electron chi connectivity index (χ2n) is 7.32. The number of thioether (sulfide) groups is 1. The number of amidine groups is 1. The summed E-state index contributed by atoms with van der Waals surface area (Å²) in [5, 5.41) is 0.851. The molecular weight excluding hydrogens is 348 g/mol. The molecule has 136 valence electrons. The Morgan fingerprint density at radius 1 is 1.15 bits per heavy atom. The van der Waals surface area contributed by atoms with Gasteiger partial charge in [-0.25, -0.2) is 0 Å². The van der Waals surface area contributed by atoms with Crippen molar-refractivity contribution in [3.63, 3.8) is 0 Å². The number of hydrogen-bond donors (Lipinski definition) is 0. The molecule has 0 N–H and O–H groups in total. The van der Waals surface area contributed by atoms with Crippen molar-refractivity contribution in [3.05, 3.63) is 45.9 Å². The van der Waals surface area contributed by atoms with E-state index in [1.807, 2.05) is 0 Å². The summed E-state index contributed by atoms with van der Waals surface area (Å²) < 4.78 is 11.7. The Kier molecular flexibility index (Phi) is 4.14. The number of amides is 1. The molecule has 0 unspecified atom stereocenters. The molecule has 1 aromatic carbocycles. The van der Waals surface area contributed by atoms with Crippen LogP contribution in [0.1, 0.15) is 36.8 Å². The van der Waals surface area contributed by atoms with Gasteiger partial charge in [-0.3, -0.25) is 4.79 Å². The molecule has 0 aromatic heterocycles. The Hall–Kier alpha value is -1.63. The molecular formula is C20H22N2O3S. The summed E-state index contributed by atoms with van der Waals surface area (Å²) in [6, 6.07) is 8.55. The predicted molar refractivity (Wildman–Crippen MR) is 101 cm³/mol. The third kappa shape index (κ3) is 2.71. The number of likely N-dealkylation sites (tertiary alicyclic amines) is 1. The summed E-state index contributed by atoms with van der Waals surface area (Å²) in [6.45, 7) is 3.81. The highest BCUT2D eigenvalue weighted by atomic mass is 32.2. The number of ether oxygens (including phenoxy) is 2. The standard InChI is InChI=1S/C20H22N2O3S/c23-18-17(15-5-3-11-24-12-15)26-19(21-18)22-9-7-20(8-10-22)16-6-2-1-4-14(16)13-25-20/h1-2,4,6H,3,5,7-13H2/b17-15-. The van der Waals surface area contributed by atoms with Gasteiger partial charge in [0.15, 0.2) is 5.17 Å². The van der Waals surface area contributed by atoms with Gasteiger partial charge in [0.25, 0.3) is 5.91 Å². The fourth-order valence-electron chi connectivity index (χ4n) is 4.35. The SMILES string of the molecule is O=C1N=C(N2CCC3(CC2)OCc2ccccc23)S/C1=C1/CCCOC1. The van der Waals surface area contributed by atoms with Gasteiger partial charge in [0.05, 0.1) is 23.7 Å². The first-order chi connectivity index (χ1) is 12.8. The van der Waals surface area contributed by atoms with E-state index < -0.39 is 0 Å². The fraction of sp³-hybridized carbons (Fsp3) is 0.500. The van der Waals surface area contributed by atoms with Crippen molar-refractivity contribution < 1.29 is 14.3 Å². The lowest BCUT2D eigenvalue weighted by molar-refractivity contribution is -0.113. The van der Waals surface area contributed by atoms with Crippen molar-refractivity contribution in [3.8, 4) is 0 Å². The molecule has 4 heterocycles. The van der Waals surface area contributed by atoms with E-state index >= 15 is 0 Å². The lowest BCUT2D eigenvalue weighted by atomic mass is 9.84. The van der Waals surface area contributed by atoms with Gasteiger partial charge in [-0.1, -0.05) is 24.3 Å². The number of fused-ring (bicyclic) bond motifs is 2. The number of carbonyl (C=O) groups is 1. The van der Waals surface area contributed by atoms with Crippen molar-refractivity contribution >= 4 is 22.8 Å². The lowest BCUT2D eigenvalue weighted by Gasteiger charge is -2.39. The van der Waals surface area contributed by atoms with E-state index in [-0.39, 0.29) is 11.5 Å². The Balaban J connectivity index is 1.30. The summed E-state index contributed by atoms with van der Waals surface area (Å²) in [4.78, 5) is 19.7. The molecule has 26 heavy (non-hydrogen) atoms. The number of nitrogens with zero attached hydrogens (tertiary/aromatic N) is 2. The highest BCUT2D eigenvalue weighted by Gasteiger charge is 2.43. The van der Waals surface area contributed by atoms with Gasteiger partial charge < -0.3 is 14.4 Å². The first-order valence-electron chi connectivity index (χ1n) is 9.33. The molecule has 4 aliphatic heterocycles. The molecule has 5 nitrogen and oxygen atoms in total. The van der Waals surface area contributed by atoms with Crippen molar-refractivity contribution in [1.29, 1.82) is 0 Å². The van der Waals surface area contributed by atoms with Crippen LogP contribution in [0.2, 0.25) is 0 Å². The monoisotopic (exact) mass is 370 g/mol. The normalized spacial score (nSPS) is 27.8. The van der Waals surface area contributed by atoms with Crippen LogP contribution in [-0.4, -0.2) is 42.3 Å². The number of rotatable bonds is 0. The topological polar surface area (TPSA) is 51.1 Å². The summed E-state index contributed by atoms with van der Waals surface area (Å²) in [7, 11) is 0. The average Bonchev–Trinajstić information content (AvgIpc) is 3.25. The van der Waals surface area contributed by atoms with Crippen molar-refractivity contribution in [1.82, 2.24) is 4.90 Å². The third-order valence-electron chi connectivity index (χ3n) is 5.80. The van der Waals surface area contributed by atoms with Crippen molar-refractivity contribution in [2.24, 2.45) is 4.99 Å². The van der Waals surface area contributed by atoms with Crippen molar-refractivity contribution in [2.45, 2.75) is 37.9 Å². The fourth-order valence-corrected chi connectivity index (χ4v) is 5.41. The van der Waals surface area contributed by atoms with Crippen LogP contribution in [0.4, 0.5) is 0 Å². The molecule has 0 aliphatic carbocycles. The highest BCUT2D eigenvalue weighted by Crippen LogP contribution is 2.45. The van der Waals surface area contributed by atoms with E-state index in [1.54, 1.807) is 0 Å². The summed E-state index contributed by atoms with van der Waals surface area (Å²) in [5.41, 5.74) is 3.62. The van der Waals surface area contributed by atoms with Crippen molar-refractivity contribution in [2.75, 3.05) is 26.3 Å². The van der Waals surface area contributed by atoms with E-state index in [0.29, 0.717) is 13.2 Å². The van der Waals surface area contributed by atoms with Crippen LogP contribution in [0.3, 0.4) is 0 Å². The zero-order valence-corrected chi connectivity index (χ0v) is 15.5. The van der Waals surface area contributed by atoms with Gasteiger partial charge in [0.2, 0.25) is 0 Å². The quantitative estimate of drug-likeness (QED) is 0.657. The summed E-state index contributed by atoms with van der Waals surface area (Å²) in [6.07, 6.45) is 3.81. The molecule has 0 radical (unpaired) electrons. The van der Waals surface area contributed by atoms with E-state index in [2.05, 4.69) is 34.2 Å². The van der Waals surface area contributed by atoms with Gasteiger partial charge in [-0.2, -0.15) is 4.99 Å². The molecule has 5 rings (SSSR count). The van der Waals surface area contributed by atoms with Crippen LogP contribution in [-0.2, 0) is 26.5 Å². The van der Waals surface area contributed by atoms with Crippen LogP contribution < -0.4 is 0 Å². The molecule has 1 amide bonds. The predicted octanol–water partition coefficient (Wildman–Crippen LogP) is 3.20.